The van der Waals surface area contributed by atoms with Gasteiger partial charge in [0.25, 0.3) is 5.91 Å². The van der Waals surface area contributed by atoms with Crippen LogP contribution < -0.4 is 5.73 Å². The van der Waals surface area contributed by atoms with Crippen LogP contribution in [0.4, 0.5) is 10.1 Å². The predicted octanol–water partition coefficient (Wildman–Crippen LogP) is 2.98. The number of amides is 1. The Morgan fingerprint density at radius 3 is 2.58 bits per heavy atom. The summed E-state index contributed by atoms with van der Waals surface area (Å²) < 4.78 is 13.7. The van der Waals surface area contributed by atoms with Crippen LogP contribution in [-0.2, 0) is 0 Å². The molecule has 0 radical (unpaired) electrons. The van der Waals surface area contributed by atoms with Crippen LogP contribution in [0.1, 0.15) is 42.6 Å². The first-order valence-corrected chi connectivity index (χ1v) is 6.76. The third kappa shape index (κ3) is 3.06. The van der Waals surface area contributed by atoms with Crippen molar-refractivity contribution in [3.63, 3.8) is 0 Å². The number of hydrogen-bond acceptors (Lipinski definition) is 2. The number of benzene rings is 1. The monoisotopic (exact) mass is 264 g/mol. The maximum absolute atomic E-state index is 13.7. The molecule has 2 N–H and O–H groups in total. The third-order valence-corrected chi connectivity index (χ3v) is 3.44. The molecule has 1 amide bonds. The Hall–Kier alpha value is -1.58. The lowest BCUT2D eigenvalue weighted by atomic mass is 10.1. The Kier molecular flexibility index (Phi) is 3.78. The summed E-state index contributed by atoms with van der Waals surface area (Å²) >= 11 is 0. The van der Waals surface area contributed by atoms with E-state index in [0.717, 1.165) is 12.8 Å². The highest BCUT2D eigenvalue weighted by Gasteiger charge is 2.33. The van der Waals surface area contributed by atoms with Gasteiger partial charge in [0, 0.05) is 29.4 Å². The van der Waals surface area contributed by atoms with Gasteiger partial charge in [-0.15, -0.1) is 0 Å². The van der Waals surface area contributed by atoms with Crippen LogP contribution in [0.5, 0.6) is 0 Å². The van der Waals surface area contributed by atoms with Gasteiger partial charge in [0.1, 0.15) is 5.82 Å². The number of carbonyl (C=O) groups is 1. The maximum atomic E-state index is 13.7. The molecule has 0 unspecified atom stereocenters. The molecule has 2 rings (SSSR count). The van der Waals surface area contributed by atoms with Crippen molar-refractivity contribution in [1.82, 2.24) is 4.90 Å². The minimum atomic E-state index is -0.413. The molecule has 0 atom stereocenters. The van der Waals surface area contributed by atoms with Crippen molar-refractivity contribution in [3.8, 4) is 0 Å². The first kappa shape index (κ1) is 13.8. The molecule has 0 spiro atoms. The minimum absolute atomic E-state index is 0.109. The molecule has 104 valence electrons. The fourth-order valence-electron chi connectivity index (χ4n) is 2.17. The van der Waals surface area contributed by atoms with Crippen LogP contribution in [0.15, 0.2) is 12.1 Å². The van der Waals surface area contributed by atoms with Crippen LogP contribution in [-0.4, -0.2) is 23.4 Å². The molecular weight excluding hydrogens is 243 g/mol. The van der Waals surface area contributed by atoms with Gasteiger partial charge in [0.15, 0.2) is 0 Å². The zero-order valence-electron chi connectivity index (χ0n) is 11.7. The van der Waals surface area contributed by atoms with E-state index in [1.807, 2.05) is 4.90 Å². The van der Waals surface area contributed by atoms with Crippen molar-refractivity contribution >= 4 is 11.6 Å². The van der Waals surface area contributed by atoms with E-state index in [1.54, 1.807) is 13.0 Å². The summed E-state index contributed by atoms with van der Waals surface area (Å²) in [6, 6.07) is 3.20. The Bertz CT molecular complexity index is 472. The molecule has 4 heteroatoms. The van der Waals surface area contributed by atoms with E-state index < -0.39 is 5.82 Å². The van der Waals surface area contributed by atoms with Crippen molar-refractivity contribution in [2.24, 2.45) is 5.92 Å². The third-order valence-electron chi connectivity index (χ3n) is 3.44. The van der Waals surface area contributed by atoms with Gasteiger partial charge in [-0.2, -0.15) is 0 Å². The molecule has 0 heterocycles. The lowest BCUT2D eigenvalue weighted by Gasteiger charge is -2.24. The van der Waals surface area contributed by atoms with E-state index in [0.29, 0.717) is 35.3 Å². The second-order valence-corrected chi connectivity index (χ2v) is 5.75. The lowest BCUT2D eigenvalue weighted by molar-refractivity contribution is 0.0722. The Balaban J connectivity index is 2.26. The molecule has 1 aliphatic carbocycles. The lowest BCUT2D eigenvalue weighted by Crippen LogP contribution is -2.36. The smallest absolute Gasteiger partial charge is 0.254 e. The Morgan fingerprint density at radius 2 is 2.11 bits per heavy atom. The molecule has 0 aromatic heterocycles. The van der Waals surface area contributed by atoms with Crippen molar-refractivity contribution < 1.29 is 9.18 Å². The molecule has 19 heavy (non-hydrogen) atoms. The van der Waals surface area contributed by atoms with E-state index in [9.17, 15) is 9.18 Å². The second kappa shape index (κ2) is 5.19. The van der Waals surface area contributed by atoms with E-state index in [-0.39, 0.29) is 5.91 Å². The standard InChI is InChI=1S/C15H21FN2O/c1-9(2)8-18(12-4-5-12)15(19)11-6-13(16)10(3)14(17)7-11/h6-7,9,12H,4-5,8,17H2,1-3H3. The van der Waals surface area contributed by atoms with Crippen LogP contribution in [0.25, 0.3) is 0 Å². The summed E-state index contributed by atoms with van der Waals surface area (Å²) in [6.45, 7) is 6.48. The number of anilines is 1. The average Bonchev–Trinajstić information content (AvgIpc) is 3.15. The fraction of sp³-hybridized carbons (Fsp3) is 0.533. The highest BCUT2D eigenvalue weighted by atomic mass is 19.1. The minimum Gasteiger partial charge on any atom is -0.398 e. The van der Waals surface area contributed by atoms with Crippen LogP contribution in [0.2, 0.25) is 0 Å². The summed E-state index contributed by atoms with van der Waals surface area (Å²) in [4.78, 5) is 14.3. The first-order valence-electron chi connectivity index (χ1n) is 6.76. The number of hydrogen-bond donors (Lipinski definition) is 1. The molecule has 1 fully saturated rings. The zero-order chi connectivity index (χ0) is 14.2. The highest BCUT2D eigenvalue weighted by molar-refractivity contribution is 5.95. The summed E-state index contributed by atoms with van der Waals surface area (Å²) in [6.07, 6.45) is 2.09. The largest absolute Gasteiger partial charge is 0.398 e. The van der Waals surface area contributed by atoms with Crippen LogP contribution in [0, 0.1) is 18.7 Å². The SMILES string of the molecule is Cc1c(N)cc(C(=O)N(CC(C)C)C2CC2)cc1F. The van der Waals surface area contributed by atoms with E-state index in [1.165, 1.54) is 6.07 Å². The Labute approximate surface area is 113 Å². The van der Waals surface area contributed by atoms with Gasteiger partial charge >= 0.3 is 0 Å². The van der Waals surface area contributed by atoms with Gasteiger partial charge in [0.05, 0.1) is 0 Å². The molecule has 0 aliphatic heterocycles. The fourth-order valence-corrected chi connectivity index (χ4v) is 2.17. The number of nitrogens with zero attached hydrogens (tertiary/aromatic N) is 1. The van der Waals surface area contributed by atoms with Crippen molar-refractivity contribution in [2.75, 3.05) is 12.3 Å². The van der Waals surface area contributed by atoms with Crippen molar-refractivity contribution in [1.29, 1.82) is 0 Å². The number of nitrogen functional groups attached to an aromatic ring is 1. The van der Waals surface area contributed by atoms with Crippen LogP contribution in [0.3, 0.4) is 0 Å². The highest BCUT2D eigenvalue weighted by Crippen LogP contribution is 2.30. The number of rotatable bonds is 4. The predicted molar refractivity (Wildman–Crippen MR) is 74.4 cm³/mol. The number of carbonyl (C=O) groups excluding carboxylic acids is 1. The van der Waals surface area contributed by atoms with E-state index in [2.05, 4.69) is 13.8 Å². The van der Waals surface area contributed by atoms with Crippen molar-refractivity contribution in [3.05, 3.63) is 29.1 Å². The van der Waals surface area contributed by atoms with Gasteiger partial charge in [-0.25, -0.2) is 4.39 Å². The molecule has 1 aromatic rings. The molecule has 0 saturated heterocycles. The Morgan fingerprint density at radius 1 is 1.47 bits per heavy atom. The van der Waals surface area contributed by atoms with Gasteiger partial charge in [-0.1, -0.05) is 13.8 Å². The topological polar surface area (TPSA) is 46.3 Å². The second-order valence-electron chi connectivity index (χ2n) is 5.75. The molecular formula is C15H21FN2O. The molecule has 1 saturated carbocycles. The zero-order valence-corrected chi connectivity index (χ0v) is 11.7. The number of halogens is 1. The van der Waals surface area contributed by atoms with Gasteiger partial charge < -0.3 is 10.6 Å². The summed E-state index contributed by atoms with van der Waals surface area (Å²) in [7, 11) is 0. The van der Waals surface area contributed by atoms with Gasteiger partial charge in [-0.3, -0.25) is 4.79 Å². The molecule has 1 aromatic carbocycles. The average molecular weight is 264 g/mol. The molecule has 1 aliphatic rings. The van der Waals surface area contributed by atoms with E-state index in [4.69, 9.17) is 5.73 Å². The maximum Gasteiger partial charge on any atom is 0.254 e. The normalized spacial score (nSPS) is 14.8. The molecule has 0 bridgehead atoms. The first-order chi connectivity index (χ1) is 8.90. The van der Waals surface area contributed by atoms with Gasteiger partial charge in [0.2, 0.25) is 0 Å². The summed E-state index contributed by atoms with van der Waals surface area (Å²) in [5, 5.41) is 0. The number of nitrogens with two attached hydrogens (primary N) is 1. The van der Waals surface area contributed by atoms with Crippen LogP contribution >= 0.6 is 0 Å². The summed E-state index contributed by atoms with van der Waals surface area (Å²) in [5.74, 6) is -0.123. The summed E-state index contributed by atoms with van der Waals surface area (Å²) in [5.41, 5.74) is 6.83. The van der Waals surface area contributed by atoms with E-state index >= 15 is 0 Å². The van der Waals surface area contributed by atoms with Crippen molar-refractivity contribution in [2.45, 2.75) is 39.7 Å². The quantitative estimate of drug-likeness (QED) is 0.850. The van der Waals surface area contributed by atoms with Gasteiger partial charge in [-0.05, 0) is 37.8 Å². The molecule has 3 nitrogen and oxygen atoms in total.